The third kappa shape index (κ3) is 2.68. The van der Waals surface area contributed by atoms with E-state index in [-0.39, 0.29) is 6.23 Å². The summed E-state index contributed by atoms with van der Waals surface area (Å²) >= 11 is 0. The second-order valence-corrected chi connectivity index (χ2v) is 6.89. The van der Waals surface area contributed by atoms with Gasteiger partial charge in [0.25, 0.3) is 0 Å². The zero-order chi connectivity index (χ0) is 18.8. The average Bonchev–Trinajstić information content (AvgIpc) is 2.80. The maximum absolute atomic E-state index is 6.91. The highest BCUT2D eigenvalue weighted by Crippen LogP contribution is 2.49. The highest BCUT2D eigenvalue weighted by molar-refractivity contribution is 5.63. The molecule has 0 saturated carbocycles. The first-order valence-electron chi connectivity index (χ1n) is 9.43. The van der Waals surface area contributed by atoms with Gasteiger partial charge in [0, 0.05) is 29.2 Å². The van der Waals surface area contributed by atoms with Crippen LogP contribution in [0.2, 0.25) is 0 Å². The minimum Gasteiger partial charge on any atom is -0.356 e. The Morgan fingerprint density at radius 2 is 1.36 bits per heavy atom. The zero-order valence-electron chi connectivity index (χ0n) is 15.3. The Bertz CT molecular complexity index is 1030. The van der Waals surface area contributed by atoms with Crippen molar-refractivity contribution in [3.8, 4) is 0 Å². The molecule has 0 saturated heterocycles. The quantitative estimate of drug-likeness (QED) is 0.520. The number of para-hydroxylation sites is 1. The molecule has 136 valence electrons. The highest BCUT2D eigenvalue weighted by atomic mass is 16.5. The lowest BCUT2D eigenvalue weighted by Crippen LogP contribution is -2.40. The van der Waals surface area contributed by atoms with Crippen LogP contribution in [-0.2, 0) is 10.3 Å². The van der Waals surface area contributed by atoms with E-state index in [9.17, 15) is 0 Å². The molecule has 0 amide bonds. The summed E-state index contributed by atoms with van der Waals surface area (Å²) in [5.41, 5.74) is 4.65. The Morgan fingerprint density at radius 1 is 0.714 bits per heavy atom. The third-order valence-corrected chi connectivity index (χ3v) is 5.24. The summed E-state index contributed by atoms with van der Waals surface area (Å²) in [5.74, 6) is 0. The summed E-state index contributed by atoms with van der Waals surface area (Å²) in [6, 6.07) is 33.2. The number of nitrogens with one attached hydrogen (secondary N) is 1. The molecular weight excluding hydrogens is 344 g/mol. The number of fused-ring (bicyclic) bond motifs is 1. The average molecular weight is 364 g/mol. The molecule has 0 unspecified atom stereocenters. The first-order chi connectivity index (χ1) is 13.9. The fraction of sp³-hybridized carbons (Fsp3) is 0.0800. The van der Waals surface area contributed by atoms with E-state index >= 15 is 0 Å². The Hall–Kier alpha value is -3.43. The van der Waals surface area contributed by atoms with E-state index in [1.165, 1.54) is 0 Å². The molecule has 0 radical (unpaired) electrons. The summed E-state index contributed by atoms with van der Waals surface area (Å²) in [5, 5.41) is 3.55. The molecule has 1 atom stereocenters. The number of hydrogen-bond donors (Lipinski definition) is 1. The second-order valence-electron chi connectivity index (χ2n) is 6.89. The summed E-state index contributed by atoms with van der Waals surface area (Å²) in [6.07, 6.45) is 3.32. The molecular formula is C25H20N2O. The molecule has 1 aromatic heterocycles. The molecule has 0 bridgehead atoms. The van der Waals surface area contributed by atoms with Crippen LogP contribution in [-0.4, -0.2) is 4.98 Å². The maximum atomic E-state index is 6.91. The van der Waals surface area contributed by atoms with Gasteiger partial charge in [-0.2, -0.15) is 0 Å². The maximum Gasteiger partial charge on any atom is 0.157 e. The molecule has 1 N–H and O–H groups in total. The predicted molar refractivity (Wildman–Crippen MR) is 111 cm³/mol. The number of pyridine rings is 1. The van der Waals surface area contributed by atoms with E-state index in [0.717, 1.165) is 27.9 Å². The van der Waals surface area contributed by atoms with Crippen LogP contribution < -0.4 is 5.32 Å². The molecule has 2 heterocycles. The standard InChI is InChI=1S/C25H20N2O/c1-3-11-20(12-4-1)25(21-13-5-2-6-14-21)22-15-7-8-16-23(22)27-24(28-25)19-10-9-17-26-18-19/h1-18,24,27H/t24-/m0/s1. The largest absolute Gasteiger partial charge is 0.356 e. The lowest BCUT2D eigenvalue weighted by atomic mass is 9.78. The SMILES string of the molecule is c1ccc(C2(c3ccccc3)O[C@@H](c3cccnc3)Nc3ccccc32)cc1. The van der Waals surface area contributed by atoms with Gasteiger partial charge in [0.2, 0.25) is 0 Å². The minimum atomic E-state index is -0.717. The number of ether oxygens (including phenoxy) is 1. The Kier molecular flexibility index (Phi) is 4.15. The highest BCUT2D eigenvalue weighted by Gasteiger charge is 2.44. The molecule has 0 spiro atoms. The summed E-state index contributed by atoms with van der Waals surface area (Å²) in [4.78, 5) is 4.29. The Labute approximate surface area is 164 Å². The Balaban J connectivity index is 1.79. The van der Waals surface area contributed by atoms with Crippen molar-refractivity contribution in [1.29, 1.82) is 0 Å². The monoisotopic (exact) mass is 364 g/mol. The molecule has 3 aromatic carbocycles. The van der Waals surface area contributed by atoms with Crippen LogP contribution in [0.5, 0.6) is 0 Å². The van der Waals surface area contributed by atoms with Crippen molar-refractivity contribution in [1.82, 2.24) is 4.98 Å². The van der Waals surface area contributed by atoms with E-state index in [2.05, 4.69) is 83.1 Å². The van der Waals surface area contributed by atoms with Gasteiger partial charge in [-0.3, -0.25) is 4.98 Å². The van der Waals surface area contributed by atoms with Crippen LogP contribution in [0.3, 0.4) is 0 Å². The molecule has 0 fully saturated rings. The van der Waals surface area contributed by atoms with Crippen LogP contribution in [0.4, 0.5) is 5.69 Å². The van der Waals surface area contributed by atoms with Crippen LogP contribution >= 0.6 is 0 Å². The van der Waals surface area contributed by atoms with Crippen molar-refractivity contribution < 1.29 is 4.74 Å². The molecule has 5 rings (SSSR count). The van der Waals surface area contributed by atoms with Gasteiger partial charge in [-0.25, -0.2) is 0 Å². The minimum absolute atomic E-state index is 0.316. The first kappa shape index (κ1) is 16.7. The fourth-order valence-electron chi connectivity index (χ4n) is 3.97. The van der Waals surface area contributed by atoms with Crippen molar-refractivity contribution in [2.75, 3.05) is 5.32 Å². The van der Waals surface area contributed by atoms with E-state index in [4.69, 9.17) is 4.74 Å². The van der Waals surface area contributed by atoms with Crippen LogP contribution in [0.1, 0.15) is 28.5 Å². The number of anilines is 1. The van der Waals surface area contributed by atoms with Crippen molar-refractivity contribution in [3.05, 3.63) is 132 Å². The molecule has 1 aliphatic rings. The van der Waals surface area contributed by atoms with Gasteiger partial charge in [0.05, 0.1) is 0 Å². The molecule has 3 nitrogen and oxygen atoms in total. The van der Waals surface area contributed by atoms with Crippen LogP contribution in [0, 0.1) is 0 Å². The van der Waals surface area contributed by atoms with Gasteiger partial charge < -0.3 is 10.1 Å². The zero-order valence-corrected chi connectivity index (χ0v) is 15.3. The van der Waals surface area contributed by atoms with Crippen LogP contribution in [0.25, 0.3) is 0 Å². The summed E-state index contributed by atoms with van der Waals surface area (Å²) in [7, 11) is 0. The predicted octanol–water partition coefficient (Wildman–Crippen LogP) is 5.51. The number of benzene rings is 3. The molecule has 28 heavy (non-hydrogen) atoms. The van der Waals surface area contributed by atoms with Gasteiger partial charge in [0.15, 0.2) is 6.23 Å². The lowest BCUT2D eigenvalue weighted by molar-refractivity contribution is -0.0433. The van der Waals surface area contributed by atoms with Crippen molar-refractivity contribution in [3.63, 3.8) is 0 Å². The smallest absolute Gasteiger partial charge is 0.157 e. The third-order valence-electron chi connectivity index (χ3n) is 5.24. The first-order valence-corrected chi connectivity index (χ1v) is 9.43. The van der Waals surface area contributed by atoms with Gasteiger partial charge in [0.1, 0.15) is 5.60 Å². The van der Waals surface area contributed by atoms with E-state index < -0.39 is 5.60 Å². The molecule has 0 aliphatic carbocycles. The molecule has 1 aliphatic heterocycles. The molecule has 3 heteroatoms. The number of aromatic nitrogens is 1. The number of nitrogens with zero attached hydrogens (tertiary/aromatic N) is 1. The summed E-state index contributed by atoms with van der Waals surface area (Å²) in [6.45, 7) is 0. The van der Waals surface area contributed by atoms with Crippen molar-refractivity contribution >= 4 is 5.69 Å². The normalized spacial score (nSPS) is 17.4. The number of hydrogen-bond acceptors (Lipinski definition) is 3. The Morgan fingerprint density at radius 3 is 2.00 bits per heavy atom. The second kappa shape index (κ2) is 6.95. The van der Waals surface area contributed by atoms with E-state index in [1.807, 2.05) is 30.5 Å². The fourth-order valence-corrected chi connectivity index (χ4v) is 3.97. The van der Waals surface area contributed by atoms with Crippen molar-refractivity contribution in [2.45, 2.75) is 11.8 Å². The topological polar surface area (TPSA) is 34.1 Å². The van der Waals surface area contributed by atoms with E-state index in [0.29, 0.717) is 0 Å². The number of rotatable bonds is 3. The van der Waals surface area contributed by atoms with E-state index in [1.54, 1.807) is 6.20 Å². The van der Waals surface area contributed by atoms with Gasteiger partial charge in [-0.05, 0) is 23.3 Å². The summed E-state index contributed by atoms with van der Waals surface area (Å²) < 4.78 is 6.91. The van der Waals surface area contributed by atoms with Crippen molar-refractivity contribution in [2.24, 2.45) is 0 Å². The molecule has 4 aromatic rings. The van der Waals surface area contributed by atoms with Gasteiger partial charge in [-0.1, -0.05) is 84.9 Å². The lowest BCUT2D eigenvalue weighted by Gasteiger charge is -2.44. The van der Waals surface area contributed by atoms with Crippen LogP contribution in [0.15, 0.2) is 109 Å². The van der Waals surface area contributed by atoms with Gasteiger partial charge >= 0.3 is 0 Å². The van der Waals surface area contributed by atoms with Gasteiger partial charge in [-0.15, -0.1) is 0 Å².